The number of aromatic nitrogens is 2. The highest BCUT2D eigenvalue weighted by Crippen LogP contribution is 2.15. The minimum atomic E-state index is 0. The van der Waals surface area contributed by atoms with Gasteiger partial charge < -0.3 is 24.7 Å². The van der Waals surface area contributed by atoms with Gasteiger partial charge >= 0.3 is 0 Å². The fraction of sp³-hybridized carbons (Fsp3) is 0.524. The van der Waals surface area contributed by atoms with Crippen molar-refractivity contribution in [2.45, 2.75) is 26.3 Å². The van der Waals surface area contributed by atoms with Crippen molar-refractivity contribution in [3.8, 4) is 5.69 Å². The van der Waals surface area contributed by atoms with Gasteiger partial charge in [-0.05, 0) is 31.4 Å². The van der Waals surface area contributed by atoms with Gasteiger partial charge in [0, 0.05) is 44.6 Å². The number of rotatable bonds is 10. The summed E-state index contributed by atoms with van der Waals surface area (Å²) in [6.07, 6.45) is 7.61. The molecule has 2 heterocycles. The molecule has 8 heteroatoms. The van der Waals surface area contributed by atoms with Crippen molar-refractivity contribution in [1.29, 1.82) is 0 Å². The molecule has 0 aliphatic carbocycles. The second kappa shape index (κ2) is 13.6. The molecule has 0 spiro atoms. The third kappa shape index (κ3) is 7.94. The molecule has 1 atom stereocenters. The van der Waals surface area contributed by atoms with Crippen LogP contribution in [0.3, 0.4) is 0 Å². The highest BCUT2D eigenvalue weighted by atomic mass is 127. The molecule has 7 nitrogen and oxygen atoms in total. The maximum absolute atomic E-state index is 5.76. The summed E-state index contributed by atoms with van der Waals surface area (Å²) < 4.78 is 13.1. The molecule has 1 aromatic heterocycles. The summed E-state index contributed by atoms with van der Waals surface area (Å²) in [7, 11) is 0. The number of hydrogen-bond donors (Lipinski definition) is 2. The van der Waals surface area contributed by atoms with Crippen LogP contribution >= 0.6 is 24.0 Å². The Morgan fingerprint density at radius 3 is 3.00 bits per heavy atom. The van der Waals surface area contributed by atoms with Crippen LogP contribution in [0.25, 0.3) is 5.69 Å². The Morgan fingerprint density at radius 2 is 2.24 bits per heavy atom. The van der Waals surface area contributed by atoms with Crippen molar-refractivity contribution in [3.05, 3.63) is 48.5 Å². The van der Waals surface area contributed by atoms with Crippen LogP contribution in [0.2, 0.25) is 0 Å². The fourth-order valence-electron chi connectivity index (χ4n) is 3.15. The maximum Gasteiger partial charge on any atom is 0.191 e. The molecule has 3 rings (SSSR count). The van der Waals surface area contributed by atoms with Gasteiger partial charge in [-0.2, -0.15) is 0 Å². The van der Waals surface area contributed by atoms with Gasteiger partial charge in [0.2, 0.25) is 0 Å². The van der Waals surface area contributed by atoms with Crippen molar-refractivity contribution in [2.24, 2.45) is 10.9 Å². The normalized spacial score (nSPS) is 16.4. The Hall–Kier alpha value is -1.65. The van der Waals surface area contributed by atoms with Crippen LogP contribution in [0.1, 0.15) is 25.3 Å². The lowest BCUT2D eigenvalue weighted by atomic mass is 10.1. The Bertz CT molecular complexity index is 718. The second-order valence-corrected chi connectivity index (χ2v) is 6.88. The van der Waals surface area contributed by atoms with Crippen LogP contribution in [0.4, 0.5) is 0 Å². The van der Waals surface area contributed by atoms with Gasteiger partial charge in [-0.25, -0.2) is 9.98 Å². The van der Waals surface area contributed by atoms with Gasteiger partial charge in [0.15, 0.2) is 5.96 Å². The average molecular weight is 513 g/mol. The Kier molecular flexibility index (Phi) is 11.0. The summed E-state index contributed by atoms with van der Waals surface area (Å²) in [5.41, 5.74) is 2.25. The fourth-order valence-corrected chi connectivity index (χ4v) is 3.15. The van der Waals surface area contributed by atoms with Crippen LogP contribution in [-0.2, 0) is 16.0 Å². The summed E-state index contributed by atoms with van der Waals surface area (Å²) in [6.45, 7) is 7.61. The van der Waals surface area contributed by atoms with Crippen LogP contribution in [0.5, 0.6) is 0 Å². The monoisotopic (exact) mass is 513 g/mol. The molecule has 160 valence electrons. The molecule has 1 aliphatic rings. The molecule has 1 aliphatic heterocycles. The van der Waals surface area contributed by atoms with Crippen LogP contribution in [0, 0.1) is 5.92 Å². The van der Waals surface area contributed by atoms with Gasteiger partial charge in [0.05, 0.1) is 31.8 Å². The summed E-state index contributed by atoms with van der Waals surface area (Å²) in [4.78, 5) is 8.88. The van der Waals surface area contributed by atoms with Gasteiger partial charge in [0.25, 0.3) is 0 Å². The van der Waals surface area contributed by atoms with Gasteiger partial charge in [-0.3, -0.25) is 0 Å². The number of nitrogens with zero attached hydrogens (tertiary/aromatic N) is 3. The first-order valence-electron chi connectivity index (χ1n) is 10.1. The van der Waals surface area contributed by atoms with E-state index in [-0.39, 0.29) is 24.0 Å². The number of aliphatic imine (C=N–C) groups is 1. The van der Waals surface area contributed by atoms with Gasteiger partial charge in [0.1, 0.15) is 0 Å². The molecular weight excluding hydrogens is 481 g/mol. The van der Waals surface area contributed by atoms with Crippen molar-refractivity contribution >= 4 is 29.9 Å². The number of imidazole rings is 1. The Morgan fingerprint density at radius 1 is 1.34 bits per heavy atom. The Balaban J connectivity index is 0.00000300. The number of halogens is 1. The minimum Gasteiger partial charge on any atom is -0.381 e. The summed E-state index contributed by atoms with van der Waals surface area (Å²) in [5.74, 6) is 1.40. The molecular formula is C21H32IN5O2. The van der Waals surface area contributed by atoms with E-state index in [4.69, 9.17) is 14.5 Å². The quantitative estimate of drug-likeness (QED) is 0.221. The van der Waals surface area contributed by atoms with Gasteiger partial charge in [-0.1, -0.05) is 18.2 Å². The van der Waals surface area contributed by atoms with Crippen LogP contribution in [0.15, 0.2) is 48.0 Å². The molecule has 2 aromatic rings. The van der Waals surface area contributed by atoms with Gasteiger partial charge in [-0.15, -0.1) is 24.0 Å². The summed E-state index contributed by atoms with van der Waals surface area (Å²) >= 11 is 0. The van der Waals surface area contributed by atoms with Crippen molar-refractivity contribution in [3.63, 3.8) is 0 Å². The molecule has 1 fully saturated rings. The van der Waals surface area contributed by atoms with E-state index in [0.717, 1.165) is 69.6 Å². The predicted molar refractivity (Wildman–Crippen MR) is 126 cm³/mol. The molecule has 0 amide bonds. The van der Waals surface area contributed by atoms with E-state index in [9.17, 15) is 0 Å². The van der Waals surface area contributed by atoms with E-state index in [1.54, 1.807) is 6.20 Å². The summed E-state index contributed by atoms with van der Waals surface area (Å²) in [5, 5.41) is 6.69. The molecule has 1 unspecified atom stereocenters. The van der Waals surface area contributed by atoms with E-state index in [0.29, 0.717) is 12.5 Å². The van der Waals surface area contributed by atoms with Crippen LogP contribution < -0.4 is 10.6 Å². The number of benzene rings is 1. The lowest BCUT2D eigenvalue weighted by molar-refractivity contribution is 0.0888. The molecule has 29 heavy (non-hydrogen) atoms. The van der Waals surface area contributed by atoms with Crippen molar-refractivity contribution in [1.82, 2.24) is 20.2 Å². The number of guanidine groups is 1. The largest absolute Gasteiger partial charge is 0.381 e. The van der Waals surface area contributed by atoms with Crippen molar-refractivity contribution in [2.75, 3.05) is 39.5 Å². The van der Waals surface area contributed by atoms with Crippen molar-refractivity contribution < 1.29 is 9.47 Å². The first kappa shape index (κ1) is 23.6. The minimum absolute atomic E-state index is 0. The molecule has 0 bridgehead atoms. The predicted octanol–water partition coefficient (Wildman–Crippen LogP) is 2.99. The molecule has 0 radical (unpaired) electrons. The van der Waals surface area contributed by atoms with E-state index in [2.05, 4.69) is 34.7 Å². The SMILES string of the molecule is CCNC(=NCc1ccccc1-n1ccnc1)NCCCOCC1CCOC1.I. The number of para-hydroxylation sites is 1. The first-order chi connectivity index (χ1) is 13.9. The topological polar surface area (TPSA) is 72.7 Å². The second-order valence-electron chi connectivity index (χ2n) is 6.88. The van der Waals surface area contributed by atoms with E-state index in [1.165, 1.54) is 0 Å². The molecule has 2 N–H and O–H groups in total. The zero-order valence-corrected chi connectivity index (χ0v) is 19.4. The highest BCUT2D eigenvalue weighted by molar-refractivity contribution is 14.0. The van der Waals surface area contributed by atoms with E-state index < -0.39 is 0 Å². The Labute approximate surface area is 190 Å². The van der Waals surface area contributed by atoms with E-state index >= 15 is 0 Å². The zero-order chi connectivity index (χ0) is 19.4. The zero-order valence-electron chi connectivity index (χ0n) is 17.0. The smallest absolute Gasteiger partial charge is 0.191 e. The molecule has 1 saturated heterocycles. The third-order valence-corrected chi connectivity index (χ3v) is 4.66. The lowest BCUT2D eigenvalue weighted by Crippen LogP contribution is -2.38. The number of ether oxygens (including phenoxy) is 2. The van der Waals surface area contributed by atoms with E-state index in [1.807, 2.05) is 29.2 Å². The number of nitrogens with one attached hydrogen (secondary N) is 2. The number of hydrogen-bond acceptors (Lipinski definition) is 4. The molecule has 1 aromatic carbocycles. The first-order valence-corrected chi connectivity index (χ1v) is 10.1. The third-order valence-electron chi connectivity index (χ3n) is 4.66. The highest BCUT2D eigenvalue weighted by Gasteiger charge is 2.15. The maximum atomic E-state index is 5.76. The lowest BCUT2D eigenvalue weighted by Gasteiger charge is -2.13. The average Bonchev–Trinajstić information content (AvgIpc) is 3.43. The molecule has 0 saturated carbocycles. The standard InChI is InChI=1S/C21H31N5O2.HI/c1-2-23-21(24-9-5-12-27-15-18-8-13-28-16-18)25-14-19-6-3-4-7-20(19)26-11-10-22-17-26;/h3-4,6-7,10-11,17-18H,2,5,8-9,12-16H2,1H3,(H2,23,24,25);1H. The summed E-state index contributed by atoms with van der Waals surface area (Å²) in [6, 6.07) is 8.25. The van der Waals surface area contributed by atoms with Crippen LogP contribution in [-0.4, -0.2) is 55.0 Å².